The fourth-order valence-corrected chi connectivity index (χ4v) is 2.03. The van der Waals surface area contributed by atoms with Gasteiger partial charge in [-0.05, 0) is 31.7 Å². The van der Waals surface area contributed by atoms with Crippen LogP contribution in [0.2, 0.25) is 0 Å². The van der Waals surface area contributed by atoms with Crippen molar-refractivity contribution in [2.24, 2.45) is 5.41 Å². The lowest BCUT2D eigenvalue weighted by molar-refractivity contribution is -0.156. The van der Waals surface area contributed by atoms with Crippen LogP contribution >= 0.6 is 0 Å². The zero-order valence-electron chi connectivity index (χ0n) is 15.5. The van der Waals surface area contributed by atoms with E-state index in [2.05, 4.69) is 5.32 Å². The molecule has 5 heteroatoms. The number of rotatable bonds is 5. The summed E-state index contributed by atoms with van der Waals surface area (Å²) in [6, 6.07) is 9.06. The van der Waals surface area contributed by atoms with Gasteiger partial charge in [0.1, 0.15) is 12.2 Å². The molecule has 0 aliphatic heterocycles. The first-order valence-electron chi connectivity index (χ1n) is 8.16. The van der Waals surface area contributed by atoms with E-state index in [1.165, 1.54) is 0 Å². The Kier molecular flexibility index (Phi) is 6.81. The van der Waals surface area contributed by atoms with E-state index in [0.29, 0.717) is 0 Å². The molecule has 0 saturated carbocycles. The first-order valence-corrected chi connectivity index (χ1v) is 8.16. The van der Waals surface area contributed by atoms with Gasteiger partial charge in [0, 0.05) is 6.04 Å². The normalized spacial score (nSPS) is 13.1. The van der Waals surface area contributed by atoms with Crippen molar-refractivity contribution in [2.45, 2.75) is 66.2 Å². The molecular formula is C19H29NO4. The molecular weight excluding hydrogens is 306 g/mol. The molecule has 0 spiro atoms. The molecule has 0 aliphatic rings. The first kappa shape index (κ1) is 20.0. The Labute approximate surface area is 144 Å². The van der Waals surface area contributed by atoms with Gasteiger partial charge in [0.05, 0.1) is 6.42 Å². The summed E-state index contributed by atoms with van der Waals surface area (Å²) in [5.41, 5.74) is 0.0582. The van der Waals surface area contributed by atoms with Gasteiger partial charge in [-0.25, -0.2) is 4.79 Å². The van der Waals surface area contributed by atoms with E-state index in [1.807, 2.05) is 71.9 Å². The van der Waals surface area contributed by atoms with E-state index in [4.69, 9.17) is 9.47 Å². The fraction of sp³-hybridized carbons (Fsp3) is 0.579. The molecule has 1 aromatic carbocycles. The summed E-state index contributed by atoms with van der Waals surface area (Å²) < 4.78 is 10.6. The van der Waals surface area contributed by atoms with E-state index >= 15 is 0 Å². The summed E-state index contributed by atoms with van der Waals surface area (Å²) in [6.45, 7) is 11.5. The van der Waals surface area contributed by atoms with E-state index in [1.54, 1.807) is 0 Å². The third-order valence-electron chi connectivity index (χ3n) is 3.34. The average Bonchev–Trinajstić information content (AvgIpc) is 2.42. The molecule has 0 bridgehead atoms. The minimum Gasteiger partial charge on any atom is -0.460 e. The van der Waals surface area contributed by atoms with Crippen molar-refractivity contribution >= 4 is 12.1 Å². The molecule has 0 aromatic heterocycles. The molecule has 1 amide bonds. The molecule has 5 nitrogen and oxygen atoms in total. The van der Waals surface area contributed by atoms with Crippen LogP contribution in [-0.4, -0.2) is 23.7 Å². The Morgan fingerprint density at radius 3 is 2.12 bits per heavy atom. The molecule has 0 heterocycles. The van der Waals surface area contributed by atoms with Crippen LogP contribution in [-0.2, 0) is 20.9 Å². The van der Waals surface area contributed by atoms with Crippen LogP contribution in [0.3, 0.4) is 0 Å². The molecule has 1 aromatic rings. The Hall–Kier alpha value is -2.04. The van der Waals surface area contributed by atoms with E-state index in [-0.39, 0.29) is 30.5 Å². The minimum atomic E-state index is -0.548. The number of hydrogen-bond donors (Lipinski definition) is 1. The maximum Gasteiger partial charge on any atom is 0.407 e. The van der Waals surface area contributed by atoms with Gasteiger partial charge in [-0.2, -0.15) is 0 Å². The van der Waals surface area contributed by atoms with Crippen molar-refractivity contribution in [3.63, 3.8) is 0 Å². The lowest BCUT2D eigenvalue weighted by Crippen LogP contribution is -2.46. The van der Waals surface area contributed by atoms with E-state index in [9.17, 15) is 9.59 Å². The van der Waals surface area contributed by atoms with Crippen molar-refractivity contribution in [3.05, 3.63) is 35.9 Å². The van der Waals surface area contributed by atoms with E-state index in [0.717, 1.165) is 5.56 Å². The van der Waals surface area contributed by atoms with Crippen LogP contribution in [0.15, 0.2) is 30.3 Å². The standard InChI is InChI=1S/C19H29NO4/c1-18(2,3)15(12-16(21)24-19(4,5)6)20-17(22)23-13-14-10-8-7-9-11-14/h7-11,15H,12-13H2,1-6H3,(H,20,22)/t15-/m0/s1. The molecule has 134 valence electrons. The third kappa shape index (κ3) is 7.99. The second-order valence-electron chi connectivity index (χ2n) is 7.92. The van der Waals surface area contributed by atoms with Crippen LogP contribution in [0, 0.1) is 5.41 Å². The quantitative estimate of drug-likeness (QED) is 0.824. The molecule has 0 unspecified atom stereocenters. The summed E-state index contributed by atoms with van der Waals surface area (Å²) in [4.78, 5) is 24.1. The molecule has 1 rings (SSSR count). The molecule has 1 N–H and O–H groups in total. The fourth-order valence-electron chi connectivity index (χ4n) is 2.03. The van der Waals surface area contributed by atoms with Gasteiger partial charge in [-0.15, -0.1) is 0 Å². The van der Waals surface area contributed by atoms with Gasteiger partial charge in [-0.3, -0.25) is 4.79 Å². The number of alkyl carbamates (subject to hydrolysis) is 1. The van der Waals surface area contributed by atoms with Crippen molar-refractivity contribution in [3.8, 4) is 0 Å². The van der Waals surface area contributed by atoms with Crippen LogP contribution in [0.25, 0.3) is 0 Å². The van der Waals surface area contributed by atoms with Crippen LogP contribution in [0.4, 0.5) is 4.79 Å². The summed E-state index contributed by atoms with van der Waals surface area (Å²) >= 11 is 0. The highest BCUT2D eigenvalue weighted by atomic mass is 16.6. The summed E-state index contributed by atoms with van der Waals surface area (Å²) in [5.74, 6) is -0.342. The number of ether oxygens (including phenoxy) is 2. The number of carbonyl (C=O) groups excluding carboxylic acids is 2. The second-order valence-corrected chi connectivity index (χ2v) is 7.92. The van der Waals surface area contributed by atoms with Gasteiger partial charge in [0.2, 0.25) is 0 Å². The van der Waals surface area contributed by atoms with Crippen molar-refractivity contribution in [1.29, 1.82) is 0 Å². The highest BCUT2D eigenvalue weighted by molar-refractivity contribution is 5.73. The number of carbonyl (C=O) groups is 2. The Bertz CT molecular complexity index is 541. The monoisotopic (exact) mass is 335 g/mol. The number of esters is 1. The molecule has 1 atom stereocenters. The second kappa shape index (κ2) is 8.18. The Morgan fingerprint density at radius 2 is 1.62 bits per heavy atom. The summed E-state index contributed by atoms with van der Waals surface area (Å²) in [5, 5.41) is 2.78. The lowest BCUT2D eigenvalue weighted by Gasteiger charge is -2.31. The number of amides is 1. The van der Waals surface area contributed by atoms with Gasteiger partial charge >= 0.3 is 12.1 Å². The van der Waals surface area contributed by atoms with Crippen molar-refractivity contribution in [2.75, 3.05) is 0 Å². The van der Waals surface area contributed by atoms with Crippen molar-refractivity contribution < 1.29 is 19.1 Å². The smallest absolute Gasteiger partial charge is 0.407 e. The Balaban J connectivity index is 2.59. The topological polar surface area (TPSA) is 64.6 Å². The Morgan fingerprint density at radius 1 is 1.04 bits per heavy atom. The van der Waals surface area contributed by atoms with Crippen molar-refractivity contribution in [1.82, 2.24) is 5.32 Å². The van der Waals surface area contributed by atoms with Crippen LogP contribution < -0.4 is 5.32 Å². The lowest BCUT2D eigenvalue weighted by atomic mass is 9.85. The molecule has 0 aliphatic carbocycles. The summed E-state index contributed by atoms with van der Waals surface area (Å²) in [6.07, 6.45) is -0.441. The zero-order valence-corrected chi connectivity index (χ0v) is 15.5. The molecule has 0 radical (unpaired) electrons. The van der Waals surface area contributed by atoms with Gasteiger partial charge in [0.15, 0.2) is 0 Å². The van der Waals surface area contributed by atoms with Gasteiger partial charge in [0.25, 0.3) is 0 Å². The zero-order chi connectivity index (χ0) is 18.4. The SMILES string of the molecule is CC(C)(C)OC(=O)C[C@H](NC(=O)OCc1ccccc1)C(C)(C)C. The minimum absolute atomic E-state index is 0.0984. The largest absolute Gasteiger partial charge is 0.460 e. The first-order chi connectivity index (χ1) is 11.0. The third-order valence-corrected chi connectivity index (χ3v) is 3.34. The number of nitrogens with one attached hydrogen (secondary N) is 1. The molecule has 0 fully saturated rings. The molecule has 0 saturated heterocycles. The summed E-state index contributed by atoms with van der Waals surface area (Å²) in [7, 11) is 0. The number of benzene rings is 1. The maximum absolute atomic E-state index is 12.1. The van der Waals surface area contributed by atoms with E-state index < -0.39 is 11.7 Å². The predicted octanol–water partition coefficient (Wildman–Crippen LogP) is 4.06. The average molecular weight is 335 g/mol. The highest BCUT2D eigenvalue weighted by Gasteiger charge is 2.31. The highest BCUT2D eigenvalue weighted by Crippen LogP contribution is 2.23. The maximum atomic E-state index is 12.1. The number of hydrogen-bond acceptors (Lipinski definition) is 4. The van der Waals surface area contributed by atoms with Gasteiger partial charge in [-0.1, -0.05) is 51.1 Å². The predicted molar refractivity (Wildman–Crippen MR) is 93.5 cm³/mol. The van der Waals surface area contributed by atoms with Crippen LogP contribution in [0.5, 0.6) is 0 Å². The van der Waals surface area contributed by atoms with Crippen LogP contribution in [0.1, 0.15) is 53.5 Å². The van der Waals surface area contributed by atoms with Gasteiger partial charge < -0.3 is 14.8 Å². The molecule has 24 heavy (non-hydrogen) atoms.